The van der Waals surface area contributed by atoms with Gasteiger partial charge in [-0.1, -0.05) is 20.8 Å². The molecule has 0 bridgehead atoms. The van der Waals surface area contributed by atoms with Crippen molar-refractivity contribution in [2.75, 3.05) is 32.0 Å². The summed E-state index contributed by atoms with van der Waals surface area (Å²) in [6, 6.07) is 1.50. The number of aromatic nitrogens is 2. The maximum atomic E-state index is 11.0. The molecule has 19 heavy (non-hydrogen) atoms. The summed E-state index contributed by atoms with van der Waals surface area (Å²) >= 11 is 0. The fourth-order valence-electron chi connectivity index (χ4n) is 1.34. The molecule has 0 amide bonds. The van der Waals surface area contributed by atoms with Crippen molar-refractivity contribution in [2.45, 2.75) is 27.7 Å². The molecule has 0 aliphatic heterocycles. The molecule has 0 radical (unpaired) electrons. The number of esters is 1. The van der Waals surface area contributed by atoms with Crippen molar-refractivity contribution in [2.24, 2.45) is 0 Å². The van der Waals surface area contributed by atoms with E-state index in [4.69, 9.17) is 5.73 Å². The highest BCUT2D eigenvalue weighted by molar-refractivity contribution is 5.85. The third-order valence-corrected chi connectivity index (χ3v) is 2.48. The van der Waals surface area contributed by atoms with Gasteiger partial charge in [-0.2, -0.15) is 0 Å². The molecule has 0 fully saturated rings. The summed E-state index contributed by atoms with van der Waals surface area (Å²) in [5, 5.41) is 0. The zero-order valence-electron chi connectivity index (χ0n) is 12.2. The number of ether oxygens (including phenoxy) is 1. The van der Waals surface area contributed by atoms with Crippen molar-refractivity contribution in [1.82, 2.24) is 14.9 Å². The Balaban J connectivity index is 0.000000399. The molecule has 1 rings (SSSR count). The first-order valence-corrected chi connectivity index (χ1v) is 6.56. The molecule has 1 heterocycles. The molecular formula is C13H24N4O2. The molecule has 108 valence electrons. The number of nitrogen functional groups attached to an aromatic ring is 1. The number of rotatable bonds is 5. The lowest BCUT2D eigenvalue weighted by Crippen LogP contribution is -2.21. The van der Waals surface area contributed by atoms with Gasteiger partial charge in [-0.05, 0) is 32.6 Å². The van der Waals surface area contributed by atoms with E-state index < -0.39 is 5.97 Å². The number of hydrogen-bond donors (Lipinski definition) is 1. The zero-order valence-corrected chi connectivity index (χ0v) is 12.2. The maximum absolute atomic E-state index is 11.0. The van der Waals surface area contributed by atoms with Crippen LogP contribution in [0.15, 0.2) is 12.3 Å². The second-order valence-electron chi connectivity index (χ2n) is 3.65. The van der Waals surface area contributed by atoms with E-state index in [1.165, 1.54) is 31.9 Å². The number of nitrogens with zero attached hydrogens (tertiary/aromatic N) is 3. The summed E-state index contributed by atoms with van der Waals surface area (Å²) in [5.74, 6) is -0.297. The molecule has 0 unspecified atom stereocenters. The van der Waals surface area contributed by atoms with Crippen LogP contribution in [0.2, 0.25) is 0 Å². The van der Waals surface area contributed by atoms with Crippen molar-refractivity contribution >= 4 is 11.8 Å². The average Bonchev–Trinajstić information content (AvgIpc) is 2.42. The summed E-state index contributed by atoms with van der Waals surface area (Å²) in [4.78, 5) is 20.7. The van der Waals surface area contributed by atoms with E-state index in [0.717, 1.165) is 0 Å². The molecule has 1 aromatic heterocycles. The molecule has 0 aliphatic carbocycles. The smallest absolute Gasteiger partial charge is 0.376 e. The SMILES string of the molecule is CCN(CC)CC.CCOC(=O)c1nccc(N)n1. The number of carbonyl (C=O) groups excluding carboxylic acids is 1. The summed E-state index contributed by atoms with van der Waals surface area (Å²) in [5.41, 5.74) is 5.33. The van der Waals surface area contributed by atoms with Crippen LogP contribution in [0, 0.1) is 0 Å². The fourth-order valence-corrected chi connectivity index (χ4v) is 1.34. The second kappa shape index (κ2) is 10.3. The van der Waals surface area contributed by atoms with Gasteiger partial charge in [-0.3, -0.25) is 0 Å². The van der Waals surface area contributed by atoms with E-state index in [0.29, 0.717) is 6.61 Å². The Labute approximate surface area is 115 Å². The van der Waals surface area contributed by atoms with Gasteiger partial charge >= 0.3 is 5.97 Å². The first kappa shape index (κ1) is 17.3. The minimum absolute atomic E-state index is 0.00292. The van der Waals surface area contributed by atoms with Crippen LogP contribution in [0.3, 0.4) is 0 Å². The van der Waals surface area contributed by atoms with E-state index >= 15 is 0 Å². The Morgan fingerprint density at radius 2 is 1.84 bits per heavy atom. The minimum Gasteiger partial charge on any atom is -0.460 e. The first-order chi connectivity index (χ1) is 9.08. The van der Waals surface area contributed by atoms with Gasteiger partial charge in [0, 0.05) is 6.20 Å². The molecule has 0 saturated heterocycles. The van der Waals surface area contributed by atoms with Crippen LogP contribution in [0.25, 0.3) is 0 Å². The minimum atomic E-state index is -0.551. The van der Waals surface area contributed by atoms with Crippen molar-refractivity contribution in [3.8, 4) is 0 Å². The molecule has 6 heteroatoms. The largest absolute Gasteiger partial charge is 0.460 e. The molecule has 0 spiro atoms. The standard InChI is InChI=1S/C7H9N3O2.C6H15N/c1-2-12-7(11)6-9-4-3-5(8)10-6;1-4-7(5-2)6-3/h3-4H,2H2,1H3,(H2,8,9,10);4-6H2,1-3H3. The Morgan fingerprint density at radius 1 is 1.26 bits per heavy atom. The molecule has 0 atom stereocenters. The Kier molecular flexibility index (Phi) is 9.34. The average molecular weight is 268 g/mol. The highest BCUT2D eigenvalue weighted by Gasteiger charge is 2.08. The fraction of sp³-hybridized carbons (Fsp3) is 0.615. The van der Waals surface area contributed by atoms with E-state index in [2.05, 4.69) is 40.4 Å². The molecule has 0 aromatic carbocycles. The second-order valence-corrected chi connectivity index (χ2v) is 3.65. The van der Waals surface area contributed by atoms with Gasteiger partial charge in [0.05, 0.1) is 6.61 Å². The van der Waals surface area contributed by atoms with Crippen LogP contribution in [-0.4, -0.2) is 47.1 Å². The topological polar surface area (TPSA) is 81.3 Å². The van der Waals surface area contributed by atoms with Crippen LogP contribution in [0.4, 0.5) is 5.82 Å². The van der Waals surface area contributed by atoms with Crippen molar-refractivity contribution < 1.29 is 9.53 Å². The molecule has 2 N–H and O–H groups in total. The lowest BCUT2D eigenvalue weighted by Gasteiger charge is -2.13. The van der Waals surface area contributed by atoms with Gasteiger partial charge in [0.25, 0.3) is 0 Å². The van der Waals surface area contributed by atoms with Gasteiger partial charge in [-0.15, -0.1) is 0 Å². The van der Waals surface area contributed by atoms with Crippen molar-refractivity contribution in [1.29, 1.82) is 0 Å². The van der Waals surface area contributed by atoms with Crippen LogP contribution >= 0.6 is 0 Å². The number of hydrogen-bond acceptors (Lipinski definition) is 6. The lowest BCUT2D eigenvalue weighted by molar-refractivity contribution is 0.0512. The lowest BCUT2D eigenvalue weighted by atomic mass is 10.5. The summed E-state index contributed by atoms with van der Waals surface area (Å²) in [7, 11) is 0. The third-order valence-electron chi connectivity index (χ3n) is 2.48. The van der Waals surface area contributed by atoms with Gasteiger partial charge in [0.15, 0.2) is 0 Å². The quantitative estimate of drug-likeness (QED) is 0.817. The number of nitrogens with two attached hydrogens (primary N) is 1. The van der Waals surface area contributed by atoms with Gasteiger partial charge < -0.3 is 15.4 Å². The van der Waals surface area contributed by atoms with E-state index in [-0.39, 0.29) is 11.6 Å². The molecule has 0 aliphatic rings. The molecule has 1 aromatic rings. The van der Waals surface area contributed by atoms with Crippen LogP contribution in [-0.2, 0) is 4.74 Å². The number of anilines is 1. The number of carbonyl (C=O) groups is 1. The van der Waals surface area contributed by atoms with Crippen LogP contribution < -0.4 is 5.73 Å². The van der Waals surface area contributed by atoms with Gasteiger partial charge in [0.1, 0.15) is 5.82 Å². The predicted molar refractivity (Wildman–Crippen MR) is 75.9 cm³/mol. The van der Waals surface area contributed by atoms with Crippen LogP contribution in [0.5, 0.6) is 0 Å². The van der Waals surface area contributed by atoms with E-state index in [9.17, 15) is 4.79 Å². The van der Waals surface area contributed by atoms with E-state index in [1.807, 2.05) is 0 Å². The normalized spacial score (nSPS) is 9.74. The van der Waals surface area contributed by atoms with Crippen LogP contribution in [0.1, 0.15) is 38.3 Å². The van der Waals surface area contributed by atoms with Crippen molar-refractivity contribution in [3.05, 3.63) is 18.1 Å². The van der Waals surface area contributed by atoms with E-state index in [1.54, 1.807) is 6.92 Å². The summed E-state index contributed by atoms with van der Waals surface area (Å²) in [6.45, 7) is 12.1. The Morgan fingerprint density at radius 3 is 2.21 bits per heavy atom. The van der Waals surface area contributed by atoms with Gasteiger partial charge in [0.2, 0.25) is 5.82 Å². The highest BCUT2D eigenvalue weighted by atomic mass is 16.5. The van der Waals surface area contributed by atoms with Crippen molar-refractivity contribution in [3.63, 3.8) is 0 Å². The predicted octanol–water partition coefficient (Wildman–Crippen LogP) is 1.58. The highest BCUT2D eigenvalue weighted by Crippen LogP contribution is 1.97. The monoisotopic (exact) mass is 268 g/mol. The molecule has 6 nitrogen and oxygen atoms in total. The Bertz CT molecular complexity index is 362. The maximum Gasteiger partial charge on any atom is 0.376 e. The molecule has 0 saturated carbocycles. The first-order valence-electron chi connectivity index (χ1n) is 6.56. The summed E-state index contributed by atoms with van der Waals surface area (Å²) < 4.78 is 4.66. The zero-order chi connectivity index (χ0) is 14.7. The molecular weight excluding hydrogens is 244 g/mol. The summed E-state index contributed by atoms with van der Waals surface area (Å²) in [6.07, 6.45) is 1.41. The third kappa shape index (κ3) is 7.35. The Hall–Kier alpha value is -1.69. The van der Waals surface area contributed by atoms with Gasteiger partial charge in [-0.25, -0.2) is 14.8 Å².